The molecule has 0 radical (unpaired) electrons. The van der Waals surface area contributed by atoms with Crippen LogP contribution in [0.4, 0.5) is 0 Å². The van der Waals surface area contributed by atoms with E-state index < -0.39 is 24.0 Å². The highest BCUT2D eigenvalue weighted by atomic mass is 32.1. The molecule has 0 aliphatic carbocycles. The Morgan fingerprint density at radius 1 is 1.14 bits per heavy atom. The largest absolute Gasteiger partial charge is 0.467 e. The van der Waals surface area contributed by atoms with Crippen molar-refractivity contribution < 1.29 is 24.5 Å². The van der Waals surface area contributed by atoms with E-state index in [0.717, 1.165) is 9.75 Å². The van der Waals surface area contributed by atoms with Gasteiger partial charge in [-0.2, -0.15) is 0 Å². The van der Waals surface area contributed by atoms with Crippen molar-refractivity contribution in [2.75, 3.05) is 7.11 Å². The molecule has 0 spiro atoms. The van der Waals surface area contributed by atoms with E-state index in [1.807, 2.05) is 12.1 Å². The van der Waals surface area contributed by atoms with Crippen molar-refractivity contribution in [3.8, 4) is 23.7 Å². The third-order valence-corrected chi connectivity index (χ3v) is 4.63. The van der Waals surface area contributed by atoms with Gasteiger partial charge in [-0.15, -0.1) is 11.3 Å². The fourth-order valence-electron chi connectivity index (χ4n) is 2.16. The van der Waals surface area contributed by atoms with Gasteiger partial charge in [-0.3, -0.25) is 4.79 Å². The Kier molecular flexibility index (Phi) is 7.79. The van der Waals surface area contributed by atoms with Gasteiger partial charge in [0.15, 0.2) is 6.04 Å². The summed E-state index contributed by atoms with van der Waals surface area (Å²) in [6.07, 6.45) is -1.09. The third kappa shape index (κ3) is 5.97. The Balaban J connectivity index is 2.01. The molecule has 0 fully saturated rings. The van der Waals surface area contributed by atoms with Crippen LogP contribution in [0.25, 0.3) is 0 Å². The molecular weight excluding hydrogens is 378 g/mol. The minimum absolute atomic E-state index is 0.00442. The molecule has 0 saturated carbocycles. The van der Waals surface area contributed by atoms with Crippen LogP contribution in [-0.4, -0.2) is 41.3 Å². The Morgan fingerprint density at radius 2 is 1.82 bits per heavy atom. The van der Waals surface area contributed by atoms with Crippen LogP contribution < -0.4 is 5.32 Å². The van der Waals surface area contributed by atoms with Gasteiger partial charge in [-0.25, -0.2) is 4.79 Å². The molecule has 1 heterocycles. The number of aliphatic hydroxyl groups is 2. The molecule has 6 nitrogen and oxygen atoms in total. The maximum Gasteiger partial charge on any atom is 0.331 e. The normalized spacial score (nSPS) is 11.9. The summed E-state index contributed by atoms with van der Waals surface area (Å²) in [5, 5.41) is 21.1. The molecule has 0 bridgehead atoms. The third-order valence-electron chi connectivity index (χ3n) is 3.64. The lowest BCUT2D eigenvalue weighted by atomic mass is 10.1. The topological polar surface area (TPSA) is 95.9 Å². The number of hydrogen-bond donors (Lipinski definition) is 3. The molecule has 144 valence electrons. The molecular formula is C21H19NO5S. The predicted molar refractivity (Wildman–Crippen MR) is 105 cm³/mol. The minimum atomic E-state index is -1.14. The number of thiophene rings is 1. The number of esters is 1. The molecule has 3 N–H and O–H groups in total. The number of carbonyl (C=O) groups excluding carboxylic acids is 2. The first kappa shape index (κ1) is 21.2. The number of nitrogens with one attached hydrogen (secondary N) is 1. The first-order valence-corrected chi connectivity index (χ1v) is 9.14. The zero-order chi connectivity index (χ0) is 20.5. The van der Waals surface area contributed by atoms with Crippen LogP contribution in [0.1, 0.15) is 32.6 Å². The van der Waals surface area contributed by atoms with E-state index in [9.17, 15) is 14.7 Å². The average Bonchev–Trinajstić information content (AvgIpc) is 3.17. The van der Waals surface area contributed by atoms with Gasteiger partial charge in [0.2, 0.25) is 0 Å². The van der Waals surface area contributed by atoms with Crippen LogP contribution in [0.2, 0.25) is 0 Å². The van der Waals surface area contributed by atoms with E-state index in [2.05, 4.69) is 33.7 Å². The summed E-state index contributed by atoms with van der Waals surface area (Å²) in [5.41, 5.74) is 0.995. The summed E-state index contributed by atoms with van der Waals surface area (Å²) in [7, 11) is 1.18. The molecule has 1 aromatic carbocycles. The molecule has 2 aromatic rings. The van der Waals surface area contributed by atoms with Crippen LogP contribution >= 0.6 is 11.3 Å². The molecule has 0 aliphatic rings. The first-order chi connectivity index (χ1) is 13.4. The predicted octanol–water partition coefficient (Wildman–Crippen LogP) is 1.30. The van der Waals surface area contributed by atoms with Crippen molar-refractivity contribution in [1.29, 1.82) is 0 Å². The van der Waals surface area contributed by atoms with Crippen molar-refractivity contribution in [2.24, 2.45) is 0 Å². The quantitative estimate of drug-likeness (QED) is 0.522. The number of rotatable bonds is 5. The molecule has 7 heteroatoms. The van der Waals surface area contributed by atoms with Gasteiger partial charge < -0.3 is 20.3 Å². The minimum Gasteiger partial charge on any atom is -0.467 e. The lowest BCUT2D eigenvalue weighted by Gasteiger charge is -2.18. The summed E-state index contributed by atoms with van der Waals surface area (Å²) in [6.45, 7) is 1.39. The number of methoxy groups -OCH3 is 1. The van der Waals surface area contributed by atoms with Gasteiger partial charge in [0.25, 0.3) is 5.91 Å². The lowest BCUT2D eigenvalue weighted by molar-refractivity contribution is -0.145. The van der Waals surface area contributed by atoms with E-state index in [-0.39, 0.29) is 6.61 Å². The molecule has 28 heavy (non-hydrogen) atoms. The number of carbonyl (C=O) groups is 2. The molecule has 1 aromatic heterocycles. The maximum absolute atomic E-state index is 12.2. The Bertz CT molecular complexity index is 954. The van der Waals surface area contributed by atoms with Crippen LogP contribution in [-0.2, 0) is 16.1 Å². The fourth-order valence-corrected chi connectivity index (χ4v) is 2.88. The Morgan fingerprint density at radius 3 is 2.39 bits per heavy atom. The summed E-state index contributed by atoms with van der Waals surface area (Å²) in [5.74, 6) is 10.0. The van der Waals surface area contributed by atoms with Crippen molar-refractivity contribution in [3.05, 3.63) is 57.3 Å². The fraction of sp³-hybridized carbons (Fsp3) is 0.238. The van der Waals surface area contributed by atoms with E-state index >= 15 is 0 Å². The highest BCUT2D eigenvalue weighted by molar-refractivity contribution is 7.12. The lowest BCUT2D eigenvalue weighted by Crippen LogP contribution is -2.48. The average molecular weight is 397 g/mol. The van der Waals surface area contributed by atoms with E-state index in [0.29, 0.717) is 11.1 Å². The summed E-state index contributed by atoms with van der Waals surface area (Å²) in [6, 6.07) is 8.95. The first-order valence-electron chi connectivity index (χ1n) is 8.33. The SMILES string of the molecule is COC(=O)[C@H](NC(=O)c1ccc(C#CC#Cc2ccc(CO)s2)cc1)[C@@H](C)O. The standard InChI is InChI=1S/C21H19NO5S/c1-14(24)19(21(26)27-2)22-20(25)16-9-7-15(8-10-16)5-3-4-6-17-11-12-18(13-23)28-17/h7-12,14,19,23-24H,13H2,1-2H3,(H,22,25)/t14-,19-/m1/s1. The number of amides is 1. The number of hydrogen-bond acceptors (Lipinski definition) is 6. The van der Waals surface area contributed by atoms with Crippen LogP contribution in [0, 0.1) is 23.7 Å². The molecule has 0 aliphatic heterocycles. The van der Waals surface area contributed by atoms with E-state index in [1.165, 1.54) is 25.4 Å². The second-order valence-electron chi connectivity index (χ2n) is 5.72. The molecule has 0 unspecified atom stereocenters. The number of aliphatic hydroxyl groups excluding tert-OH is 2. The number of benzene rings is 1. The van der Waals surface area contributed by atoms with E-state index in [1.54, 1.807) is 24.3 Å². The molecule has 0 saturated heterocycles. The zero-order valence-electron chi connectivity index (χ0n) is 15.4. The Labute approximate surface area is 167 Å². The summed E-state index contributed by atoms with van der Waals surface area (Å²) < 4.78 is 4.57. The molecule has 2 rings (SSSR count). The molecule has 1 amide bonds. The van der Waals surface area contributed by atoms with E-state index in [4.69, 9.17) is 5.11 Å². The highest BCUT2D eigenvalue weighted by Gasteiger charge is 2.26. The van der Waals surface area contributed by atoms with Crippen molar-refractivity contribution in [1.82, 2.24) is 5.32 Å². The van der Waals surface area contributed by atoms with Crippen LogP contribution in [0.3, 0.4) is 0 Å². The second-order valence-corrected chi connectivity index (χ2v) is 6.88. The van der Waals surface area contributed by atoms with Gasteiger partial charge in [-0.1, -0.05) is 5.92 Å². The Hall–Kier alpha value is -3.10. The summed E-state index contributed by atoms with van der Waals surface area (Å²) in [4.78, 5) is 25.5. The summed E-state index contributed by atoms with van der Waals surface area (Å²) >= 11 is 1.41. The smallest absolute Gasteiger partial charge is 0.331 e. The van der Waals surface area contributed by atoms with Crippen molar-refractivity contribution >= 4 is 23.2 Å². The van der Waals surface area contributed by atoms with Crippen LogP contribution in [0.15, 0.2) is 36.4 Å². The van der Waals surface area contributed by atoms with Gasteiger partial charge in [0, 0.05) is 16.0 Å². The zero-order valence-corrected chi connectivity index (χ0v) is 16.2. The van der Waals surface area contributed by atoms with Gasteiger partial charge >= 0.3 is 5.97 Å². The monoisotopic (exact) mass is 397 g/mol. The van der Waals surface area contributed by atoms with Gasteiger partial charge in [-0.05, 0) is 61.1 Å². The van der Waals surface area contributed by atoms with Crippen molar-refractivity contribution in [2.45, 2.75) is 25.7 Å². The van der Waals surface area contributed by atoms with Gasteiger partial charge in [0.05, 0.1) is 24.7 Å². The second kappa shape index (κ2) is 10.3. The number of ether oxygens (including phenoxy) is 1. The maximum atomic E-state index is 12.2. The van der Waals surface area contributed by atoms with Crippen molar-refractivity contribution in [3.63, 3.8) is 0 Å². The highest BCUT2D eigenvalue weighted by Crippen LogP contribution is 2.14. The molecule has 2 atom stereocenters. The van der Waals surface area contributed by atoms with Crippen LogP contribution in [0.5, 0.6) is 0 Å². The van der Waals surface area contributed by atoms with Gasteiger partial charge in [0.1, 0.15) is 0 Å².